The number of carbonyl (C=O) groups is 2. The van der Waals surface area contributed by atoms with Crippen LogP contribution in [0.2, 0.25) is 0 Å². The molecule has 22 heavy (non-hydrogen) atoms. The summed E-state index contributed by atoms with van der Waals surface area (Å²) < 4.78 is 9.83. The molecule has 0 aromatic heterocycles. The first-order chi connectivity index (χ1) is 10.7. The van der Waals surface area contributed by atoms with Crippen LogP contribution in [0.5, 0.6) is 0 Å². The number of hydrogen-bond acceptors (Lipinski definition) is 5. The molecule has 0 aliphatic heterocycles. The number of carbonyl (C=O) groups excluding carboxylic acids is 2. The van der Waals surface area contributed by atoms with Crippen molar-refractivity contribution in [3.8, 4) is 6.07 Å². The number of nitrogens with zero attached hydrogens (tertiary/aromatic N) is 1. The Morgan fingerprint density at radius 3 is 2.36 bits per heavy atom. The van der Waals surface area contributed by atoms with E-state index >= 15 is 0 Å². The number of benzene rings is 2. The molecule has 110 valence electrons. The molecular weight excluding hydrogens is 282 g/mol. The fourth-order valence-corrected chi connectivity index (χ4v) is 1.91. The molecule has 2 aromatic carbocycles. The van der Waals surface area contributed by atoms with Gasteiger partial charge in [0, 0.05) is 0 Å². The zero-order valence-electron chi connectivity index (χ0n) is 11.9. The lowest BCUT2D eigenvalue weighted by molar-refractivity contribution is 0.0457. The fraction of sp³-hybridized carbons (Fsp3) is 0.118. The first-order valence-corrected chi connectivity index (χ1v) is 6.49. The van der Waals surface area contributed by atoms with E-state index < -0.39 is 11.9 Å². The van der Waals surface area contributed by atoms with Crippen LogP contribution in [-0.2, 0) is 16.1 Å². The third-order valence-corrected chi connectivity index (χ3v) is 2.98. The number of esters is 2. The molecule has 0 spiro atoms. The molecule has 0 aliphatic carbocycles. The zero-order chi connectivity index (χ0) is 15.9. The minimum atomic E-state index is -0.622. The van der Waals surface area contributed by atoms with E-state index in [1.807, 2.05) is 6.07 Å². The molecule has 5 nitrogen and oxygen atoms in total. The summed E-state index contributed by atoms with van der Waals surface area (Å²) in [5.74, 6) is -1.22. The highest BCUT2D eigenvalue weighted by atomic mass is 16.5. The van der Waals surface area contributed by atoms with Gasteiger partial charge in [-0.05, 0) is 29.8 Å². The molecule has 0 atom stereocenters. The molecule has 5 heteroatoms. The summed E-state index contributed by atoms with van der Waals surface area (Å²) in [4.78, 5) is 23.7. The molecular formula is C17H13NO4. The SMILES string of the molecule is COC(=O)c1ccccc1C(=O)OCc1cccc(C#N)c1. The van der Waals surface area contributed by atoms with E-state index in [1.165, 1.54) is 19.2 Å². The molecule has 0 aliphatic rings. The second-order valence-corrected chi connectivity index (χ2v) is 4.43. The second-order valence-electron chi connectivity index (χ2n) is 4.43. The van der Waals surface area contributed by atoms with Gasteiger partial charge in [0.1, 0.15) is 6.61 Å². The standard InChI is InChI=1S/C17H13NO4/c1-21-16(19)14-7-2-3-8-15(14)17(20)22-11-13-6-4-5-12(9-13)10-18/h2-9H,11H2,1H3. The fourth-order valence-electron chi connectivity index (χ4n) is 1.91. The Morgan fingerprint density at radius 1 is 1.05 bits per heavy atom. The summed E-state index contributed by atoms with van der Waals surface area (Å²) in [6.45, 7) is 0.0177. The van der Waals surface area contributed by atoms with E-state index in [9.17, 15) is 9.59 Å². The van der Waals surface area contributed by atoms with Gasteiger partial charge in [-0.25, -0.2) is 9.59 Å². The van der Waals surface area contributed by atoms with Crippen molar-refractivity contribution < 1.29 is 19.1 Å². The third kappa shape index (κ3) is 3.49. The summed E-state index contributed by atoms with van der Waals surface area (Å²) in [7, 11) is 1.25. The molecule has 0 unspecified atom stereocenters. The van der Waals surface area contributed by atoms with E-state index in [4.69, 9.17) is 10.00 Å². The lowest BCUT2D eigenvalue weighted by Gasteiger charge is -2.08. The predicted molar refractivity (Wildman–Crippen MR) is 78.1 cm³/mol. The van der Waals surface area contributed by atoms with E-state index in [1.54, 1.807) is 36.4 Å². The Balaban J connectivity index is 2.13. The van der Waals surface area contributed by atoms with Crippen LogP contribution in [0.4, 0.5) is 0 Å². The Kier molecular flexibility index (Phi) is 4.89. The lowest BCUT2D eigenvalue weighted by Crippen LogP contribution is -2.12. The number of nitriles is 1. The molecule has 2 rings (SSSR count). The van der Waals surface area contributed by atoms with Crippen molar-refractivity contribution in [1.29, 1.82) is 5.26 Å². The van der Waals surface area contributed by atoms with Crippen molar-refractivity contribution in [3.05, 3.63) is 70.8 Å². The normalized spacial score (nSPS) is 9.64. The number of ether oxygens (including phenoxy) is 2. The highest BCUT2D eigenvalue weighted by Crippen LogP contribution is 2.13. The van der Waals surface area contributed by atoms with Crippen LogP contribution in [0.1, 0.15) is 31.8 Å². The van der Waals surface area contributed by atoms with Crippen molar-refractivity contribution in [2.75, 3.05) is 7.11 Å². The van der Waals surface area contributed by atoms with Crippen LogP contribution in [0, 0.1) is 11.3 Å². The number of rotatable bonds is 4. The monoisotopic (exact) mass is 295 g/mol. The highest BCUT2D eigenvalue weighted by molar-refractivity contribution is 6.03. The average Bonchev–Trinajstić information content (AvgIpc) is 2.59. The summed E-state index contributed by atoms with van der Waals surface area (Å²) in [5, 5.41) is 8.83. The third-order valence-electron chi connectivity index (χ3n) is 2.98. The Bertz CT molecular complexity index is 746. The van der Waals surface area contributed by atoms with Crippen molar-refractivity contribution >= 4 is 11.9 Å². The van der Waals surface area contributed by atoms with Crippen molar-refractivity contribution in [1.82, 2.24) is 0 Å². The van der Waals surface area contributed by atoms with Crippen LogP contribution < -0.4 is 0 Å². The Hall–Kier alpha value is -3.13. The van der Waals surface area contributed by atoms with Crippen LogP contribution in [0.25, 0.3) is 0 Å². The molecule has 0 bridgehead atoms. The zero-order valence-corrected chi connectivity index (χ0v) is 11.9. The van der Waals surface area contributed by atoms with Gasteiger partial charge in [0.2, 0.25) is 0 Å². The first kappa shape index (κ1) is 15.3. The first-order valence-electron chi connectivity index (χ1n) is 6.49. The Labute approximate surface area is 127 Å². The van der Waals surface area contributed by atoms with Crippen LogP contribution in [-0.4, -0.2) is 19.0 Å². The van der Waals surface area contributed by atoms with Gasteiger partial charge in [-0.3, -0.25) is 0 Å². The molecule has 2 aromatic rings. The van der Waals surface area contributed by atoms with Crippen molar-refractivity contribution in [2.24, 2.45) is 0 Å². The van der Waals surface area contributed by atoms with E-state index in [0.717, 1.165) is 0 Å². The van der Waals surface area contributed by atoms with E-state index in [-0.39, 0.29) is 17.7 Å². The molecule has 0 saturated carbocycles. The maximum absolute atomic E-state index is 12.1. The molecule has 0 heterocycles. The summed E-state index contributed by atoms with van der Waals surface area (Å²) in [6, 6.07) is 15.1. The van der Waals surface area contributed by atoms with Gasteiger partial charge in [-0.2, -0.15) is 5.26 Å². The van der Waals surface area contributed by atoms with Gasteiger partial charge in [0.25, 0.3) is 0 Å². The van der Waals surface area contributed by atoms with Gasteiger partial charge in [0.15, 0.2) is 0 Å². The molecule has 0 fully saturated rings. The lowest BCUT2D eigenvalue weighted by atomic mass is 10.1. The largest absolute Gasteiger partial charge is 0.465 e. The summed E-state index contributed by atoms with van der Waals surface area (Å²) >= 11 is 0. The van der Waals surface area contributed by atoms with Crippen LogP contribution in [0.3, 0.4) is 0 Å². The van der Waals surface area contributed by atoms with Crippen molar-refractivity contribution in [3.63, 3.8) is 0 Å². The van der Waals surface area contributed by atoms with E-state index in [0.29, 0.717) is 11.1 Å². The number of methoxy groups -OCH3 is 1. The topological polar surface area (TPSA) is 76.4 Å². The predicted octanol–water partition coefficient (Wildman–Crippen LogP) is 2.70. The smallest absolute Gasteiger partial charge is 0.339 e. The van der Waals surface area contributed by atoms with Crippen LogP contribution in [0.15, 0.2) is 48.5 Å². The highest BCUT2D eigenvalue weighted by Gasteiger charge is 2.18. The van der Waals surface area contributed by atoms with Gasteiger partial charge in [-0.15, -0.1) is 0 Å². The van der Waals surface area contributed by atoms with Gasteiger partial charge >= 0.3 is 11.9 Å². The Morgan fingerprint density at radius 2 is 1.73 bits per heavy atom. The average molecular weight is 295 g/mol. The van der Waals surface area contributed by atoms with Gasteiger partial charge in [0.05, 0.1) is 29.9 Å². The van der Waals surface area contributed by atoms with E-state index in [2.05, 4.69) is 4.74 Å². The minimum Gasteiger partial charge on any atom is -0.465 e. The van der Waals surface area contributed by atoms with Gasteiger partial charge in [-0.1, -0.05) is 24.3 Å². The van der Waals surface area contributed by atoms with Crippen LogP contribution >= 0.6 is 0 Å². The summed E-state index contributed by atoms with van der Waals surface area (Å²) in [6.07, 6.45) is 0. The molecule has 0 radical (unpaired) electrons. The maximum Gasteiger partial charge on any atom is 0.339 e. The minimum absolute atomic E-state index is 0.0177. The maximum atomic E-state index is 12.1. The summed E-state index contributed by atoms with van der Waals surface area (Å²) in [5.41, 5.74) is 1.48. The van der Waals surface area contributed by atoms with Crippen molar-refractivity contribution in [2.45, 2.75) is 6.61 Å². The molecule has 0 N–H and O–H groups in total. The molecule has 0 saturated heterocycles. The quantitative estimate of drug-likeness (QED) is 0.810. The molecule has 0 amide bonds. The second kappa shape index (κ2) is 7.04. The number of hydrogen-bond donors (Lipinski definition) is 0. The van der Waals surface area contributed by atoms with Gasteiger partial charge < -0.3 is 9.47 Å².